The molecule has 2 amide bonds. The van der Waals surface area contributed by atoms with Crippen molar-refractivity contribution in [3.05, 3.63) is 84.1 Å². The molecule has 0 fully saturated rings. The van der Waals surface area contributed by atoms with Crippen molar-refractivity contribution in [1.29, 1.82) is 0 Å². The summed E-state index contributed by atoms with van der Waals surface area (Å²) < 4.78 is 17.4. The van der Waals surface area contributed by atoms with Gasteiger partial charge in [0.05, 0.1) is 37.3 Å². The van der Waals surface area contributed by atoms with E-state index in [0.29, 0.717) is 34.6 Å². The summed E-state index contributed by atoms with van der Waals surface area (Å²) in [6, 6.07) is 17.0. The number of thioether (sulfide) groups is 1. The standard InChI is InChI=1S/C27H27N5O6S/c1-3-36-21-13-11-20(12-14-21)32-23(16-28-25(34)22-6-5-15-38-22)30-31-27(32)39-17-24(33)29-19-9-7-18(8-10-19)26(35)37-4-2/h5-15H,3-4,16-17H2,1-2H3,(H,28,34)(H,29,33). The number of esters is 1. The lowest BCUT2D eigenvalue weighted by atomic mass is 10.2. The average molecular weight is 550 g/mol. The largest absolute Gasteiger partial charge is 0.494 e. The van der Waals surface area contributed by atoms with E-state index in [-0.39, 0.29) is 36.5 Å². The Hall–Kier alpha value is -4.58. The average Bonchev–Trinajstić information content (AvgIpc) is 3.62. The van der Waals surface area contributed by atoms with E-state index in [2.05, 4.69) is 20.8 Å². The Labute approximate surface area is 228 Å². The predicted molar refractivity (Wildman–Crippen MR) is 144 cm³/mol. The molecule has 11 nitrogen and oxygen atoms in total. The Kier molecular flexibility index (Phi) is 9.35. The van der Waals surface area contributed by atoms with Gasteiger partial charge < -0.3 is 24.5 Å². The number of aromatic nitrogens is 3. The zero-order chi connectivity index (χ0) is 27.6. The minimum Gasteiger partial charge on any atom is -0.494 e. The van der Waals surface area contributed by atoms with E-state index in [9.17, 15) is 14.4 Å². The smallest absolute Gasteiger partial charge is 0.338 e. The molecule has 2 aromatic carbocycles. The summed E-state index contributed by atoms with van der Waals surface area (Å²) in [4.78, 5) is 36.8. The molecule has 0 radical (unpaired) electrons. The molecule has 202 valence electrons. The fourth-order valence-electron chi connectivity index (χ4n) is 3.51. The molecule has 2 aromatic heterocycles. The number of nitrogens with one attached hydrogen (secondary N) is 2. The number of ether oxygens (including phenoxy) is 2. The Morgan fingerprint density at radius 1 is 0.974 bits per heavy atom. The molecule has 4 aromatic rings. The van der Waals surface area contributed by atoms with Crippen LogP contribution in [0.5, 0.6) is 5.75 Å². The van der Waals surface area contributed by atoms with Crippen molar-refractivity contribution in [1.82, 2.24) is 20.1 Å². The first kappa shape index (κ1) is 27.5. The van der Waals surface area contributed by atoms with Crippen LogP contribution in [0, 0.1) is 0 Å². The highest BCUT2D eigenvalue weighted by Crippen LogP contribution is 2.24. The van der Waals surface area contributed by atoms with Gasteiger partial charge in [-0.1, -0.05) is 11.8 Å². The Bertz CT molecular complexity index is 1400. The van der Waals surface area contributed by atoms with Crippen LogP contribution in [0.1, 0.15) is 40.6 Å². The van der Waals surface area contributed by atoms with Gasteiger partial charge in [0, 0.05) is 11.4 Å². The van der Waals surface area contributed by atoms with E-state index in [1.165, 1.54) is 18.0 Å². The fourth-order valence-corrected chi connectivity index (χ4v) is 4.28. The van der Waals surface area contributed by atoms with Crippen LogP contribution in [0.2, 0.25) is 0 Å². The molecule has 4 rings (SSSR count). The highest BCUT2D eigenvalue weighted by molar-refractivity contribution is 7.99. The van der Waals surface area contributed by atoms with E-state index in [4.69, 9.17) is 13.9 Å². The van der Waals surface area contributed by atoms with Crippen molar-refractivity contribution in [2.45, 2.75) is 25.5 Å². The van der Waals surface area contributed by atoms with Crippen molar-refractivity contribution in [3.8, 4) is 11.4 Å². The molecule has 0 bridgehead atoms. The second kappa shape index (κ2) is 13.3. The van der Waals surface area contributed by atoms with Gasteiger partial charge in [-0.2, -0.15) is 0 Å². The van der Waals surface area contributed by atoms with Gasteiger partial charge >= 0.3 is 5.97 Å². The van der Waals surface area contributed by atoms with Crippen molar-refractivity contribution < 1.29 is 28.3 Å². The van der Waals surface area contributed by atoms with Crippen LogP contribution in [0.3, 0.4) is 0 Å². The van der Waals surface area contributed by atoms with Gasteiger partial charge in [-0.15, -0.1) is 10.2 Å². The summed E-state index contributed by atoms with van der Waals surface area (Å²) in [7, 11) is 0. The number of furan rings is 1. The van der Waals surface area contributed by atoms with E-state index in [1.54, 1.807) is 47.9 Å². The number of hydrogen-bond donors (Lipinski definition) is 2. The molecule has 12 heteroatoms. The maximum atomic E-state index is 12.7. The summed E-state index contributed by atoms with van der Waals surface area (Å²) >= 11 is 1.19. The normalized spacial score (nSPS) is 10.6. The molecular weight excluding hydrogens is 522 g/mol. The van der Waals surface area contributed by atoms with Crippen molar-refractivity contribution >= 4 is 35.2 Å². The molecule has 0 spiro atoms. The summed E-state index contributed by atoms with van der Waals surface area (Å²) in [5.41, 5.74) is 1.69. The molecule has 0 aliphatic carbocycles. The molecule has 0 unspecified atom stereocenters. The first-order valence-electron chi connectivity index (χ1n) is 12.2. The highest BCUT2D eigenvalue weighted by atomic mass is 32.2. The number of carbonyl (C=O) groups excluding carboxylic acids is 3. The minimum atomic E-state index is -0.421. The van der Waals surface area contributed by atoms with Gasteiger partial charge in [-0.05, 0) is 74.5 Å². The monoisotopic (exact) mass is 549 g/mol. The number of benzene rings is 2. The first-order valence-corrected chi connectivity index (χ1v) is 13.2. The predicted octanol–water partition coefficient (Wildman–Crippen LogP) is 4.10. The van der Waals surface area contributed by atoms with Crippen LogP contribution < -0.4 is 15.4 Å². The van der Waals surface area contributed by atoms with E-state index < -0.39 is 5.97 Å². The van der Waals surface area contributed by atoms with Crippen LogP contribution >= 0.6 is 11.8 Å². The molecule has 0 saturated heterocycles. The van der Waals surface area contributed by atoms with Crippen LogP contribution in [-0.2, 0) is 16.1 Å². The lowest BCUT2D eigenvalue weighted by Crippen LogP contribution is -2.24. The number of carbonyl (C=O) groups is 3. The topological polar surface area (TPSA) is 138 Å². The SMILES string of the molecule is CCOC(=O)c1ccc(NC(=O)CSc2nnc(CNC(=O)c3ccco3)n2-c2ccc(OCC)cc2)cc1. The maximum absolute atomic E-state index is 12.7. The number of nitrogens with zero attached hydrogens (tertiary/aromatic N) is 3. The van der Waals surface area contributed by atoms with E-state index >= 15 is 0 Å². The first-order chi connectivity index (χ1) is 19.0. The minimum absolute atomic E-state index is 0.0492. The third kappa shape index (κ3) is 7.26. The summed E-state index contributed by atoms with van der Waals surface area (Å²) in [6.45, 7) is 4.55. The zero-order valence-electron chi connectivity index (χ0n) is 21.4. The number of anilines is 1. The summed E-state index contributed by atoms with van der Waals surface area (Å²) in [6.07, 6.45) is 1.42. The Morgan fingerprint density at radius 3 is 2.41 bits per heavy atom. The van der Waals surface area contributed by atoms with Crippen molar-refractivity contribution in [3.63, 3.8) is 0 Å². The van der Waals surface area contributed by atoms with Crippen molar-refractivity contribution in [2.75, 3.05) is 24.3 Å². The zero-order valence-corrected chi connectivity index (χ0v) is 22.2. The molecule has 2 N–H and O–H groups in total. The Morgan fingerprint density at radius 2 is 1.74 bits per heavy atom. The lowest BCUT2D eigenvalue weighted by molar-refractivity contribution is -0.113. The van der Waals surface area contributed by atoms with Gasteiger partial charge in [-0.3, -0.25) is 14.2 Å². The van der Waals surface area contributed by atoms with Crippen LogP contribution in [0.25, 0.3) is 5.69 Å². The lowest BCUT2D eigenvalue weighted by Gasteiger charge is -2.12. The van der Waals surface area contributed by atoms with Crippen molar-refractivity contribution in [2.24, 2.45) is 0 Å². The molecular formula is C27H27N5O6S. The summed E-state index contributed by atoms with van der Waals surface area (Å²) in [5, 5.41) is 14.5. The van der Waals surface area contributed by atoms with Crippen LogP contribution in [-0.4, -0.2) is 51.5 Å². The van der Waals surface area contributed by atoms with Gasteiger partial charge in [0.15, 0.2) is 16.7 Å². The summed E-state index contributed by atoms with van der Waals surface area (Å²) in [5.74, 6) is 0.343. The van der Waals surface area contributed by atoms with Gasteiger partial charge in [0.2, 0.25) is 5.91 Å². The maximum Gasteiger partial charge on any atom is 0.338 e. The molecule has 0 atom stereocenters. The van der Waals surface area contributed by atoms with Gasteiger partial charge in [0.1, 0.15) is 5.75 Å². The quantitative estimate of drug-likeness (QED) is 0.198. The van der Waals surface area contributed by atoms with E-state index in [0.717, 1.165) is 5.69 Å². The third-order valence-corrected chi connectivity index (χ3v) is 6.20. The van der Waals surface area contributed by atoms with Gasteiger partial charge in [0.25, 0.3) is 5.91 Å². The molecule has 2 heterocycles. The molecule has 0 aliphatic rings. The molecule has 0 aliphatic heterocycles. The third-order valence-electron chi connectivity index (χ3n) is 5.27. The number of rotatable bonds is 12. The number of amides is 2. The van der Waals surface area contributed by atoms with Gasteiger partial charge in [-0.25, -0.2) is 4.79 Å². The molecule has 39 heavy (non-hydrogen) atoms. The van der Waals surface area contributed by atoms with Crippen LogP contribution in [0.15, 0.2) is 76.5 Å². The highest BCUT2D eigenvalue weighted by Gasteiger charge is 2.18. The molecule has 0 saturated carbocycles. The van der Waals surface area contributed by atoms with E-state index in [1.807, 2.05) is 31.2 Å². The fraction of sp³-hybridized carbons (Fsp3) is 0.222. The Balaban J connectivity index is 1.46. The number of hydrogen-bond acceptors (Lipinski definition) is 9. The second-order valence-corrected chi connectivity index (χ2v) is 8.90. The second-order valence-electron chi connectivity index (χ2n) is 7.96. The van der Waals surface area contributed by atoms with Crippen LogP contribution in [0.4, 0.5) is 5.69 Å².